The Hall–Kier alpha value is -1.82. The molecule has 0 aromatic heterocycles. The molecule has 0 heterocycles. The predicted octanol–water partition coefficient (Wildman–Crippen LogP) is 1.73. The molecule has 0 aliphatic rings. The number of nitriles is 1. The second kappa shape index (κ2) is 4.94. The monoisotopic (exact) mass is 174 g/mol. The van der Waals surface area contributed by atoms with Crippen molar-refractivity contribution >= 4 is 6.21 Å². The topological polar surface area (TPSA) is 45.4 Å². The molecule has 0 aliphatic carbocycles. The highest BCUT2D eigenvalue weighted by Gasteiger charge is 1.92. The average molecular weight is 174 g/mol. The largest absolute Gasteiger partial charge is 0.399 e. The zero-order valence-corrected chi connectivity index (χ0v) is 7.40. The molecular formula is C10H10N2O. The van der Waals surface area contributed by atoms with Crippen molar-refractivity contribution < 1.29 is 4.84 Å². The van der Waals surface area contributed by atoms with Crippen molar-refractivity contribution in [3.05, 3.63) is 35.4 Å². The highest BCUT2D eigenvalue weighted by molar-refractivity contribution is 5.61. The summed E-state index contributed by atoms with van der Waals surface area (Å²) in [4.78, 5) is 4.52. The molecule has 0 aliphatic heterocycles. The molecule has 0 fully saturated rings. The van der Waals surface area contributed by atoms with Crippen LogP contribution in [0, 0.1) is 11.3 Å². The number of hydrogen-bond donors (Lipinski definition) is 0. The molecule has 1 aromatic rings. The summed E-state index contributed by atoms with van der Waals surface area (Å²) in [7, 11) is 1.50. The highest BCUT2D eigenvalue weighted by Crippen LogP contribution is 2.03. The van der Waals surface area contributed by atoms with E-state index in [4.69, 9.17) is 5.26 Å². The van der Waals surface area contributed by atoms with E-state index in [2.05, 4.69) is 16.1 Å². The van der Waals surface area contributed by atoms with E-state index in [9.17, 15) is 0 Å². The van der Waals surface area contributed by atoms with Crippen LogP contribution in [0.2, 0.25) is 0 Å². The van der Waals surface area contributed by atoms with Crippen molar-refractivity contribution in [2.24, 2.45) is 5.16 Å². The van der Waals surface area contributed by atoms with Gasteiger partial charge in [-0.05, 0) is 17.7 Å². The zero-order valence-electron chi connectivity index (χ0n) is 7.40. The molecule has 1 aromatic carbocycles. The van der Waals surface area contributed by atoms with E-state index < -0.39 is 0 Å². The van der Waals surface area contributed by atoms with Crippen LogP contribution in [0.1, 0.15) is 11.1 Å². The van der Waals surface area contributed by atoms with Gasteiger partial charge in [0.25, 0.3) is 0 Å². The van der Waals surface area contributed by atoms with Gasteiger partial charge in [0.2, 0.25) is 0 Å². The molecule has 0 N–H and O–H groups in total. The van der Waals surface area contributed by atoms with Crippen LogP contribution in [0.4, 0.5) is 0 Å². The van der Waals surface area contributed by atoms with Crippen molar-refractivity contribution in [3.8, 4) is 6.07 Å². The first-order valence-corrected chi connectivity index (χ1v) is 3.91. The third kappa shape index (κ3) is 2.96. The van der Waals surface area contributed by atoms with E-state index in [0.29, 0.717) is 12.0 Å². The van der Waals surface area contributed by atoms with Crippen molar-refractivity contribution in [1.82, 2.24) is 0 Å². The summed E-state index contributed by atoms with van der Waals surface area (Å²) >= 11 is 0. The second-order valence-corrected chi connectivity index (χ2v) is 2.49. The van der Waals surface area contributed by atoms with Gasteiger partial charge in [-0.3, -0.25) is 0 Å². The van der Waals surface area contributed by atoms with Crippen LogP contribution in [0.5, 0.6) is 0 Å². The Morgan fingerprint density at radius 3 is 3.15 bits per heavy atom. The quantitative estimate of drug-likeness (QED) is 0.517. The van der Waals surface area contributed by atoms with Crippen LogP contribution in [0.25, 0.3) is 0 Å². The van der Waals surface area contributed by atoms with E-state index in [1.54, 1.807) is 12.3 Å². The molecule has 0 saturated heterocycles. The standard InChI is InChI=1S/C10H10N2O/c1-13-12-6-5-9-3-2-4-10(7-9)8-11/h2-4,6-7H,5H2,1H3. The first kappa shape index (κ1) is 9.27. The summed E-state index contributed by atoms with van der Waals surface area (Å²) in [5.41, 5.74) is 1.73. The highest BCUT2D eigenvalue weighted by atomic mass is 16.6. The minimum Gasteiger partial charge on any atom is -0.399 e. The summed E-state index contributed by atoms with van der Waals surface area (Å²) in [6.45, 7) is 0. The van der Waals surface area contributed by atoms with E-state index in [0.717, 1.165) is 5.56 Å². The first-order valence-electron chi connectivity index (χ1n) is 3.91. The van der Waals surface area contributed by atoms with Gasteiger partial charge in [0.15, 0.2) is 0 Å². The Balaban J connectivity index is 2.68. The predicted molar refractivity (Wildman–Crippen MR) is 50.4 cm³/mol. The molecule has 0 saturated carbocycles. The fraction of sp³-hybridized carbons (Fsp3) is 0.200. The number of benzene rings is 1. The van der Waals surface area contributed by atoms with E-state index in [1.807, 2.05) is 18.2 Å². The molecule has 0 spiro atoms. The lowest BCUT2D eigenvalue weighted by Gasteiger charge is -1.95. The zero-order chi connectivity index (χ0) is 9.52. The van der Waals surface area contributed by atoms with Crippen LogP contribution >= 0.6 is 0 Å². The maximum Gasteiger partial charge on any atom is 0.106 e. The third-order valence-corrected chi connectivity index (χ3v) is 1.56. The Bertz CT molecular complexity index is 339. The maximum absolute atomic E-state index is 8.63. The van der Waals surface area contributed by atoms with Gasteiger partial charge in [-0.2, -0.15) is 5.26 Å². The molecule has 0 unspecified atom stereocenters. The van der Waals surface area contributed by atoms with Crippen LogP contribution in [-0.2, 0) is 11.3 Å². The fourth-order valence-corrected chi connectivity index (χ4v) is 0.985. The van der Waals surface area contributed by atoms with Gasteiger partial charge in [-0.1, -0.05) is 17.3 Å². The van der Waals surface area contributed by atoms with Crippen molar-refractivity contribution in [2.75, 3.05) is 7.11 Å². The molecular weight excluding hydrogens is 164 g/mol. The van der Waals surface area contributed by atoms with E-state index in [-0.39, 0.29) is 0 Å². The fourth-order valence-electron chi connectivity index (χ4n) is 0.985. The molecule has 1 rings (SSSR count). The Labute approximate surface area is 77.2 Å². The lowest BCUT2D eigenvalue weighted by atomic mass is 10.1. The van der Waals surface area contributed by atoms with Crippen molar-refractivity contribution in [1.29, 1.82) is 5.26 Å². The molecule has 3 heteroatoms. The van der Waals surface area contributed by atoms with Gasteiger partial charge in [-0.25, -0.2) is 0 Å². The lowest BCUT2D eigenvalue weighted by Crippen LogP contribution is -1.87. The number of rotatable bonds is 3. The maximum atomic E-state index is 8.63. The Kier molecular flexibility index (Phi) is 3.52. The molecule has 3 nitrogen and oxygen atoms in total. The van der Waals surface area contributed by atoms with Gasteiger partial charge < -0.3 is 4.84 Å². The molecule has 66 valence electrons. The third-order valence-electron chi connectivity index (χ3n) is 1.56. The summed E-state index contributed by atoms with van der Waals surface area (Å²) in [5, 5.41) is 12.2. The minimum atomic E-state index is 0.670. The number of hydrogen-bond acceptors (Lipinski definition) is 3. The Morgan fingerprint density at radius 1 is 1.62 bits per heavy atom. The van der Waals surface area contributed by atoms with E-state index in [1.165, 1.54) is 7.11 Å². The molecule has 0 atom stereocenters. The molecule has 0 radical (unpaired) electrons. The van der Waals surface area contributed by atoms with Crippen LogP contribution in [0.3, 0.4) is 0 Å². The van der Waals surface area contributed by atoms with Crippen molar-refractivity contribution in [3.63, 3.8) is 0 Å². The lowest BCUT2D eigenvalue weighted by molar-refractivity contribution is 0.215. The summed E-state index contributed by atoms with van der Waals surface area (Å²) in [6.07, 6.45) is 2.35. The minimum absolute atomic E-state index is 0.670. The van der Waals surface area contributed by atoms with E-state index >= 15 is 0 Å². The normalized spacial score (nSPS) is 9.85. The van der Waals surface area contributed by atoms with Gasteiger partial charge in [-0.15, -0.1) is 0 Å². The second-order valence-electron chi connectivity index (χ2n) is 2.49. The summed E-state index contributed by atoms with van der Waals surface area (Å²) in [5.74, 6) is 0. The van der Waals surface area contributed by atoms with Gasteiger partial charge in [0, 0.05) is 12.6 Å². The molecule has 13 heavy (non-hydrogen) atoms. The SMILES string of the molecule is CON=CCc1cccc(C#N)c1. The summed E-state index contributed by atoms with van der Waals surface area (Å²) < 4.78 is 0. The van der Waals surface area contributed by atoms with Gasteiger partial charge in [0.05, 0.1) is 11.6 Å². The Morgan fingerprint density at radius 2 is 2.46 bits per heavy atom. The van der Waals surface area contributed by atoms with Gasteiger partial charge in [0.1, 0.15) is 7.11 Å². The van der Waals surface area contributed by atoms with Crippen LogP contribution in [-0.4, -0.2) is 13.3 Å². The van der Waals surface area contributed by atoms with Crippen LogP contribution in [0.15, 0.2) is 29.4 Å². The first-order chi connectivity index (χ1) is 6.36. The number of nitrogens with zero attached hydrogens (tertiary/aromatic N) is 2. The average Bonchev–Trinajstić information content (AvgIpc) is 2.19. The summed E-state index contributed by atoms with van der Waals surface area (Å²) in [6, 6.07) is 9.49. The smallest absolute Gasteiger partial charge is 0.106 e. The molecule has 0 bridgehead atoms. The van der Waals surface area contributed by atoms with Gasteiger partial charge >= 0.3 is 0 Å². The van der Waals surface area contributed by atoms with Crippen LogP contribution < -0.4 is 0 Å². The number of oxime groups is 1. The molecule has 0 amide bonds. The van der Waals surface area contributed by atoms with Crippen molar-refractivity contribution in [2.45, 2.75) is 6.42 Å².